The number of hydrogen-bond donors (Lipinski definition) is 6. The molecule has 0 bridgehead atoms. The first kappa shape index (κ1) is 40.8. The molecular formula is C36H43N7O11+. The highest BCUT2D eigenvalue weighted by Gasteiger charge is 2.39. The van der Waals surface area contributed by atoms with Crippen molar-refractivity contribution >= 4 is 58.8 Å². The number of ether oxygens (including phenoxy) is 2. The van der Waals surface area contributed by atoms with Crippen molar-refractivity contribution in [3.8, 4) is 11.1 Å². The Bertz CT molecular complexity index is 1910. The quantitative estimate of drug-likeness (QED) is 0.0331. The molecule has 2 atom stereocenters. The molecule has 3 amide bonds. The summed E-state index contributed by atoms with van der Waals surface area (Å²) >= 11 is 0. The van der Waals surface area contributed by atoms with Gasteiger partial charge >= 0.3 is 17.8 Å². The Balaban J connectivity index is 1.48. The molecule has 4 rings (SSSR count). The van der Waals surface area contributed by atoms with Crippen LogP contribution in [0.5, 0.6) is 0 Å². The van der Waals surface area contributed by atoms with Gasteiger partial charge in [0, 0.05) is 18.5 Å². The first-order valence-electron chi connectivity index (χ1n) is 17.1. The third-order valence-corrected chi connectivity index (χ3v) is 8.76. The molecule has 3 aromatic rings. The third kappa shape index (κ3) is 10.6. The summed E-state index contributed by atoms with van der Waals surface area (Å²) in [5, 5.41) is 21.9. The first-order valence-corrected chi connectivity index (χ1v) is 17.1. The van der Waals surface area contributed by atoms with Crippen LogP contribution in [0.2, 0.25) is 0 Å². The summed E-state index contributed by atoms with van der Waals surface area (Å²) in [6.07, 6.45) is -0.443. The molecule has 2 heterocycles. The highest BCUT2D eigenvalue weighted by molar-refractivity contribution is 6.02. The molecule has 1 radical (unpaired) electrons. The number of carboxylic acid groups (broad SMARTS) is 1. The van der Waals surface area contributed by atoms with Gasteiger partial charge in [-0.3, -0.25) is 43.9 Å². The summed E-state index contributed by atoms with van der Waals surface area (Å²) < 4.78 is 17.6. The Kier molecular flexibility index (Phi) is 14.5. The molecule has 1 saturated heterocycles. The Morgan fingerprint density at radius 2 is 1.78 bits per heavy atom. The Morgan fingerprint density at radius 3 is 2.43 bits per heavy atom. The molecule has 8 N–H and O–H groups in total. The second kappa shape index (κ2) is 19.2. The van der Waals surface area contributed by atoms with Gasteiger partial charge in [0.25, 0.3) is 5.91 Å². The van der Waals surface area contributed by atoms with Crippen molar-refractivity contribution in [2.75, 3.05) is 46.1 Å². The van der Waals surface area contributed by atoms with Crippen molar-refractivity contribution < 1.29 is 47.8 Å². The van der Waals surface area contributed by atoms with Gasteiger partial charge in [0.2, 0.25) is 24.8 Å². The number of esters is 1. The summed E-state index contributed by atoms with van der Waals surface area (Å²) in [6.45, 7) is 0.329. The number of rotatable bonds is 18. The van der Waals surface area contributed by atoms with E-state index in [9.17, 15) is 38.7 Å². The standard InChI is InChI=1S/C36H42N7O11/c37-20-30(47)42(24(21-44)18-32(48)49)35(51)27(10-5-13-40-36(38)39)41-29(46)11-12-33(50)53-22-43(14-16-52-17-15-43)31-19-28(45)26-9-4-8-25(34(26)54-31)23-6-2-1-3-7-23/h1-4,6-9,19,24,27H,5,10-18,20,22,37H2,(H5-,38,39,40,41,46,48,49)/p+1/t24-,27-/m0/s1. The van der Waals surface area contributed by atoms with Gasteiger partial charge in [-0.25, -0.2) is 4.48 Å². The zero-order valence-corrected chi connectivity index (χ0v) is 29.4. The van der Waals surface area contributed by atoms with E-state index in [1.54, 1.807) is 12.1 Å². The number of quaternary nitrogens is 1. The summed E-state index contributed by atoms with van der Waals surface area (Å²) in [6, 6.07) is 12.8. The molecule has 287 valence electrons. The average molecular weight is 750 g/mol. The summed E-state index contributed by atoms with van der Waals surface area (Å²) in [5.74, 6) is -5.31. The number of nitrogens with zero attached hydrogens (tertiary/aromatic N) is 2. The van der Waals surface area contributed by atoms with Gasteiger partial charge in [-0.05, 0) is 24.5 Å². The SMILES string of the molecule is N=C(N)NCCC[C@H](NC(=O)CCC(=O)OC[N+]1(c2cc(=O)c3cccc(-c4ccccc4)c3o2)CCOCC1)C(=O)N(C(=O)CN)[C@H]([C]=O)CC(=O)O. The average Bonchev–Trinajstić information content (AvgIpc) is 3.17. The van der Waals surface area contributed by atoms with Crippen LogP contribution in [0.25, 0.3) is 22.1 Å². The predicted octanol–water partition coefficient (Wildman–Crippen LogP) is 0.0934. The van der Waals surface area contributed by atoms with Crippen molar-refractivity contribution in [1.29, 1.82) is 5.41 Å². The number of guanidine groups is 1. The molecule has 1 aliphatic heterocycles. The fraction of sp³-hybridized carbons (Fsp3) is 0.389. The van der Waals surface area contributed by atoms with Crippen LogP contribution in [-0.4, -0.2) is 110 Å². The second-order valence-corrected chi connectivity index (χ2v) is 12.5. The molecule has 1 fully saturated rings. The van der Waals surface area contributed by atoms with Gasteiger partial charge in [-0.2, -0.15) is 0 Å². The number of nitrogens with one attached hydrogen (secondary N) is 3. The number of hydrogen-bond acceptors (Lipinski definition) is 12. The van der Waals surface area contributed by atoms with Crippen LogP contribution in [0.15, 0.2) is 63.8 Å². The third-order valence-electron chi connectivity index (χ3n) is 8.76. The highest BCUT2D eigenvalue weighted by Crippen LogP contribution is 2.33. The zero-order valence-electron chi connectivity index (χ0n) is 29.4. The van der Waals surface area contributed by atoms with Crippen LogP contribution >= 0.6 is 0 Å². The summed E-state index contributed by atoms with van der Waals surface area (Å²) in [4.78, 5) is 88.9. The lowest BCUT2D eigenvalue weighted by Crippen LogP contribution is -2.58. The van der Waals surface area contributed by atoms with Gasteiger partial charge in [0.1, 0.15) is 25.2 Å². The minimum absolute atomic E-state index is 0.0482. The van der Waals surface area contributed by atoms with Crippen LogP contribution in [-0.2, 0) is 38.2 Å². The van der Waals surface area contributed by atoms with Gasteiger partial charge in [0.15, 0.2) is 17.0 Å². The van der Waals surface area contributed by atoms with Crippen LogP contribution in [0, 0.1) is 5.41 Å². The molecule has 0 aliphatic carbocycles. The monoisotopic (exact) mass is 749 g/mol. The zero-order chi connectivity index (χ0) is 39.3. The molecule has 1 aliphatic rings. The number of fused-ring (bicyclic) bond motifs is 1. The number of imide groups is 1. The van der Waals surface area contributed by atoms with E-state index >= 15 is 0 Å². The van der Waals surface area contributed by atoms with Crippen molar-refractivity contribution in [3.05, 3.63) is 64.8 Å². The highest BCUT2D eigenvalue weighted by atomic mass is 16.6. The normalized spacial score (nSPS) is 14.6. The maximum atomic E-state index is 13.5. The minimum atomic E-state index is -1.82. The van der Waals surface area contributed by atoms with Crippen molar-refractivity contribution in [1.82, 2.24) is 20.0 Å². The van der Waals surface area contributed by atoms with Gasteiger partial charge < -0.3 is 41.1 Å². The molecule has 18 nitrogen and oxygen atoms in total. The molecule has 0 unspecified atom stereocenters. The smallest absolute Gasteiger partial charge is 0.310 e. The molecule has 18 heteroatoms. The van der Waals surface area contributed by atoms with Crippen molar-refractivity contribution in [2.45, 2.75) is 44.2 Å². The van der Waals surface area contributed by atoms with Crippen molar-refractivity contribution in [3.63, 3.8) is 0 Å². The van der Waals surface area contributed by atoms with E-state index in [4.69, 9.17) is 30.8 Å². The molecular weight excluding hydrogens is 706 g/mol. The molecule has 54 heavy (non-hydrogen) atoms. The van der Waals surface area contributed by atoms with E-state index < -0.39 is 67.6 Å². The lowest BCUT2D eigenvalue weighted by atomic mass is 10.0. The van der Waals surface area contributed by atoms with E-state index in [2.05, 4.69) is 10.6 Å². The van der Waals surface area contributed by atoms with Crippen LogP contribution < -0.4 is 32.0 Å². The fourth-order valence-corrected chi connectivity index (χ4v) is 5.95. The largest absolute Gasteiger partial charge is 0.481 e. The molecule has 2 aromatic carbocycles. The van der Waals surface area contributed by atoms with E-state index in [1.807, 2.05) is 36.4 Å². The number of carbonyl (C=O) groups is 5. The first-order chi connectivity index (χ1) is 25.9. The molecule has 0 spiro atoms. The van der Waals surface area contributed by atoms with Crippen LogP contribution in [0.1, 0.15) is 32.1 Å². The number of nitrogens with two attached hydrogens (primary N) is 2. The van der Waals surface area contributed by atoms with E-state index in [0.29, 0.717) is 34.5 Å². The Labute approximate surface area is 309 Å². The Morgan fingerprint density at radius 1 is 1.06 bits per heavy atom. The number of carbonyl (C=O) groups excluding carboxylic acids is 5. The molecule has 1 aromatic heterocycles. The van der Waals surface area contributed by atoms with E-state index in [-0.39, 0.29) is 61.1 Å². The predicted molar refractivity (Wildman–Crippen MR) is 194 cm³/mol. The second-order valence-electron chi connectivity index (χ2n) is 12.5. The lowest BCUT2D eigenvalue weighted by Gasteiger charge is -2.37. The maximum Gasteiger partial charge on any atom is 0.310 e. The molecule has 0 saturated carbocycles. The van der Waals surface area contributed by atoms with Gasteiger partial charge in [-0.1, -0.05) is 42.5 Å². The fourth-order valence-electron chi connectivity index (χ4n) is 5.95. The maximum absolute atomic E-state index is 13.5. The van der Waals surface area contributed by atoms with E-state index in [1.165, 1.54) is 12.4 Å². The number of morpholine rings is 1. The number of benzene rings is 2. The number of aliphatic carboxylic acids is 1. The Hall–Kier alpha value is -5.98. The lowest BCUT2D eigenvalue weighted by molar-refractivity contribution is -0.151. The topological polar surface area (TPSA) is 275 Å². The summed E-state index contributed by atoms with van der Waals surface area (Å²) in [7, 11) is 0. The van der Waals surface area contributed by atoms with Gasteiger partial charge in [0.05, 0.1) is 44.1 Å². The van der Waals surface area contributed by atoms with Crippen LogP contribution in [0.4, 0.5) is 5.88 Å². The van der Waals surface area contributed by atoms with Gasteiger partial charge in [-0.15, -0.1) is 0 Å². The number of amides is 3. The summed E-state index contributed by atoms with van der Waals surface area (Å²) in [5.41, 5.74) is 12.4. The van der Waals surface area contributed by atoms with Crippen molar-refractivity contribution in [2.24, 2.45) is 11.5 Å². The van der Waals surface area contributed by atoms with E-state index in [0.717, 1.165) is 5.56 Å². The number of carboxylic acids is 1. The van der Waals surface area contributed by atoms with Crippen LogP contribution in [0.3, 0.4) is 0 Å². The minimum Gasteiger partial charge on any atom is -0.481 e. The number of para-hydroxylation sites is 1.